The zero-order valence-electron chi connectivity index (χ0n) is 10.4. The van der Waals surface area contributed by atoms with E-state index in [0.717, 1.165) is 21.3 Å². The molecule has 98 valence electrons. The number of hydrogen-bond acceptors (Lipinski definition) is 1. The van der Waals surface area contributed by atoms with E-state index >= 15 is 0 Å². The third-order valence-corrected chi connectivity index (χ3v) is 3.89. The van der Waals surface area contributed by atoms with Crippen molar-refractivity contribution in [1.82, 2.24) is 0 Å². The Balaban J connectivity index is 2.08. The van der Waals surface area contributed by atoms with Gasteiger partial charge in [0.2, 0.25) is 5.91 Å². The van der Waals surface area contributed by atoms with Gasteiger partial charge in [-0.25, -0.2) is 0 Å². The van der Waals surface area contributed by atoms with Crippen LogP contribution >= 0.6 is 27.5 Å². The minimum Gasteiger partial charge on any atom is -0.326 e. The van der Waals surface area contributed by atoms with Gasteiger partial charge in [-0.15, -0.1) is 0 Å². The molecule has 1 amide bonds. The summed E-state index contributed by atoms with van der Waals surface area (Å²) in [5, 5.41) is 3.55. The average molecular weight is 339 g/mol. The molecule has 0 fully saturated rings. The number of amides is 1. The number of nitrogens with one attached hydrogen (secondary N) is 1. The molecule has 2 aromatic rings. The van der Waals surface area contributed by atoms with E-state index in [1.165, 1.54) is 0 Å². The maximum Gasteiger partial charge on any atom is 0.228 e. The summed E-state index contributed by atoms with van der Waals surface area (Å²) in [7, 11) is 0. The number of carbonyl (C=O) groups is 1. The zero-order chi connectivity index (χ0) is 13.8. The van der Waals surface area contributed by atoms with Gasteiger partial charge in [0.25, 0.3) is 0 Å². The van der Waals surface area contributed by atoms with Gasteiger partial charge in [0.15, 0.2) is 0 Å². The van der Waals surface area contributed by atoms with Gasteiger partial charge < -0.3 is 5.32 Å². The molecule has 1 N–H and O–H groups in total. The molecule has 4 heteroatoms. The fraction of sp³-hybridized carbons (Fsp3) is 0.133. The van der Waals surface area contributed by atoms with Crippen LogP contribution in [-0.2, 0) is 11.2 Å². The van der Waals surface area contributed by atoms with Crippen LogP contribution in [0.5, 0.6) is 0 Å². The van der Waals surface area contributed by atoms with Crippen LogP contribution in [0.1, 0.15) is 11.1 Å². The Bertz CT molecular complexity index is 613. The molecule has 0 aliphatic rings. The number of carbonyl (C=O) groups excluding carboxylic acids is 1. The Kier molecular flexibility index (Phi) is 4.61. The second kappa shape index (κ2) is 6.22. The van der Waals surface area contributed by atoms with Crippen LogP contribution in [0.4, 0.5) is 5.69 Å². The van der Waals surface area contributed by atoms with E-state index in [2.05, 4.69) is 21.2 Å². The first kappa shape index (κ1) is 14.1. The standard InChI is InChI=1S/C15H13BrClNO/c1-10-13(16)6-3-7-14(10)18-15(19)9-11-4-2-5-12(17)8-11/h2-8H,9H2,1H3,(H,18,19). The lowest BCUT2D eigenvalue weighted by molar-refractivity contribution is -0.115. The van der Waals surface area contributed by atoms with Crippen molar-refractivity contribution in [3.63, 3.8) is 0 Å². The van der Waals surface area contributed by atoms with Gasteiger partial charge in [0.1, 0.15) is 0 Å². The van der Waals surface area contributed by atoms with E-state index in [1.54, 1.807) is 12.1 Å². The third kappa shape index (κ3) is 3.82. The second-order valence-corrected chi connectivity index (χ2v) is 5.56. The molecule has 0 heterocycles. The third-order valence-electron chi connectivity index (χ3n) is 2.80. The second-order valence-electron chi connectivity index (χ2n) is 4.27. The van der Waals surface area contributed by atoms with E-state index in [4.69, 9.17) is 11.6 Å². The molecule has 0 unspecified atom stereocenters. The van der Waals surface area contributed by atoms with Crippen LogP contribution in [0.2, 0.25) is 5.02 Å². The summed E-state index contributed by atoms with van der Waals surface area (Å²) >= 11 is 9.34. The average Bonchev–Trinajstić information content (AvgIpc) is 2.35. The van der Waals surface area contributed by atoms with Gasteiger partial charge in [-0.05, 0) is 42.3 Å². The molecule has 0 bridgehead atoms. The highest BCUT2D eigenvalue weighted by molar-refractivity contribution is 9.10. The largest absolute Gasteiger partial charge is 0.326 e. The maximum absolute atomic E-state index is 12.0. The Morgan fingerprint density at radius 2 is 2.00 bits per heavy atom. The highest BCUT2D eigenvalue weighted by atomic mass is 79.9. The number of rotatable bonds is 3. The van der Waals surface area contributed by atoms with Crippen molar-refractivity contribution in [1.29, 1.82) is 0 Å². The van der Waals surface area contributed by atoms with E-state index in [1.807, 2.05) is 37.3 Å². The normalized spacial score (nSPS) is 10.3. The van der Waals surface area contributed by atoms with Crippen molar-refractivity contribution in [3.8, 4) is 0 Å². The van der Waals surface area contributed by atoms with Gasteiger partial charge in [-0.2, -0.15) is 0 Å². The van der Waals surface area contributed by atoms with Crippen molar-refractivity contribution in [2.24, 2.45) is 0 Å². The zero-order valence-corrected chi connectivity index (χ0v) is 12.8. The highest BCUT2D eigenvalue weighted by Crippen LogP contribution is 2.23. The molecule has 0 aromatic heterocycles. The summed E-state index contributed by atoms with van der Waals surface area (Å²) in [5.41, 5.74) is 2.74. The molecule has 0 saturated heterocycles. The van der Waals surface area contributed by atoms with Crippen LogP contribution in [0.25, 0.3) is 0 Å². The molecule has 2 aromatic carbocycles. The van der Waals surface area contributed by atoms with Crippen LogP contribution < -0.4 is 5.32 Å². The number of benzene rings is 2. The molecule has 19 heavy (non-hydrogen) atoms. The summed E-state index contributed by atoms with van der Waals surface area (Å²) in [5.74, 6) is -0.0523. The molecule has 2 rings (SSSR count). The smallest absolute Gasteiger partial charge is 0.228 e. The van der Waals surface area contributed by atoms with Crippen molar-refractivity contribution in [2.75, 3.05) is 5.32 Å². The van der Waals surface area contributed by atoms with Gasteiger partial charge in [0.05, 0.1) is 6.42 Å². The molecule has 0 radical (unpaired) electrons. The first-order valence-electron chi connectivity index (χ1n) is 5.85. The van der Waals surface area contributed by atoms with Gasteiger partial charge in [0, 0.05) is 15.2 Å². The van der Waals surface area contributed by atoms with Crippen LogP contribution in [0, 0.1) is 6.92 Å². The lowest BCUT2D eigenvalue weighted by Gasteiger charge is -2.09. The summed E-state index contributed by atoms with van der Waals surface area (Å²) in [6.45, 7) is 1.96. The summed E-state index contributed by atoms with van der Waals surface area (Å²) < 4.78 is 0.980. The fourth-order valence-corrected chi connectivity index (χ4v) is 2.35. The molecule has 0 spiro atoms. The van der Waals surface area contributed by atoms with Gasteiger partial charge in [-0.1, -0.05) is 45.7 Å². The van der Waals surface area contributed by atoms with Crippen LogP contribution in [0.3, 0.4) is 0 Å². The van der Waals surface area contributed by atoms with Crippen molar-refractivity contribution in [2.45, 2.75) is 13.3 Å². The van der Waals surface area contributed by atoms with Crippen LogP contribution in [0.15, 0.2) is 46.9 Å². The monoisotopic (exact) mass is 337 g/mol. The summed E-state index contributed by atoms with van der Waals surface area (Å²) in [4.78, 5) is 12.0. The Labute approximate surface area is 125 Å². The van der Waals surface area contributed by atoms with Crippen molar-refractivity contribution >= 4 is 39.1 Å². The van der Waals surface area contributed by atoms with E-state index in [-0.39, 0.29) is 5.91 Å². The Morgan fingerprint density at radius 1 is 1.26 bits per heavy atom. The molecule has 2 nitrogen and oxygen atoms in total. The summed E-state index contributed by atoms with van der Waals surface area (Å²) in [6.07, 6.45) is 0.312. The van der Waals surface area contributed by atoms with Crippen molar-refractivity contribution in [3.05, 3.63) is 63.1 Å². The van der Waals surface area contributed by atoms with Gasteiger partial charge >= 0.3 is 0 Å². The van der Waals surface area contributed by atoms with Crippen LogP contribution in [-0.4, -0.2) is 5.91 Å². The minimum atomic E-state index is -0.0523. The molecule has 0 aliphatic carbocycles. The fourth-order valence-electron chi connectivity index (χ4n) is 1.77. The molecular formula is C15H13BrClNO. The van der Waals surface area contributed by atoms with E-state index in [9.17, 15) is 4.79 Å². The van der Waals surface area contributed by atoms with E-state index in [0.29, 0.717) is 11.4 Å². The topological polar surface area (TPSA) is 29.1 Å². The Morgan fingerprint density at radius 3 is 2.74 bits per heavy atom. The maximum atomic E-state index is 12.0. The molecule has 0 atom stereocenters. The summed E-state index contributed by atoms with van der Waals surface area (Å²) in [6, 6.07) is 13.1. The lowest BCUT2D eigenvalue weighted by Crippen LogP contribution is -2.15. The first-order valence-corrected chi connectivity index (χ1v) is 7.03. The number of anilines is 1. The number of halogens is 2. The minimum absolute atomic E-state index is 0.0523. The predicted octanol–water partition coefficient (Wildman–Crippen LogP) is 4.59. The predicted molar refractivity (Wildman–Crippen MR) is 82.7 cm³/mol. The molecular weight excluding hydrogens is 326 g/mol. The van der Waals surface area contributed by atoms with Crippen molar-refractivity contribution < 1.29 is 4.79 Å². The van der Waals surface area contributed by atoms with E-state index < -0.39 is 0 Å². The highest BCUT2D eigenvalue weighted by Gasteiger charge is 2.07. The molecule has 0 aliphatic heterocycles. The lowest BCUT2D eigenvalue weighted by atomic mass is 10.1. The first-order chi connectivity index (χ1) is 9.06. The number of hydrogen-bond donors (Lipinski definition) is 1. The quantitative estimate of drug-likeness (QED) is 0.871. The Hall–Kier alpha value is -1.32. The molecule has 0 saturated carbocycles. The SMILES string of the molecule is Cc1c(Br)cccc1NC(=O)Cc1cccc(Cl)c1. The van der Waals surface area contributed by atoms with Gasteiger partial charge in [-0.3, -0.25) is 4.79 Å².